The Labute approximate surface area is 214 Å². The third kappa shape index (κ3) is 5.15. The van der Waals surface area contributed by atoms with Crippen molar-refractivity contribution in [3.05, 3.63) is 53.2 Å². The van der Waals surface area contributed by atoms with Gasteiger partial charge in [0.15, 0.2) is 0 Å². The standard InChI is InChI=1S/C27H34F3N5O2/c1-17-10-22-20(6-7-24-23(22)12-31-33-24)26(35(17)15-27(29,30)16-36)21-5-4-18(11-25(21)37-2)32-19-13-34(14-19)9-3-8-28/h4-7,11-12,17,19,26,32,36H,3,8-10,13-16H2,1-2H3,(H,31,33)/t17-,26?/m1/s1. The minimum Gasteiger partial charge on any atom is -0.496 e. The van der Waals surface area contributed by atoms with Crippen LogP contribution in [0.1, 0.15) is 36.1 Å². The van der Waals surface area contributed by atoms with Crippen molar-refractivity contribution in [2.45, 2.75) is 43.8 Å². The summed E-state index contributed by atoms with van der Waals surface area (Å²) < 4.78 is 47.3. The molecular weight excluding hydrogens is 483 g/mol. The number of H-pyrrole nitrogens is 1. The molecule has 37 heavy (non-hydrogen) atoms. The second-order valence-electron chi connectivity index (χ2n) is 10.2. The number of hydrogen-bond donors (Lipinski definition) is 3. The largest absolute Gasteiger partial charge is 0.496 e. The quantitative estimate of drug-likeness (QED) is 0.378. The van der Waals surface area contributed by atoms with Crippen LogP contribution in [0.4, 0.5) is 18.9 Å². The third-order valence-electron chi connectivity index (χ3n) is 7.57. The van der Waals surface area contributed by atoms with Crippen LogP contribution in [0.3, 0.4) is 0 Å². The number of rotatable bonds is 10. The van der Waals surface area contributed by atoms with Crippen molar-refractivity contribution in [2.75, 3.05) is 51.9 Å². The second-order valence-corrected chi connectivity index (χ2v) is 10.2. The number of fused-ring (bicyclic) bond motifs is 3. The molecule has 0 radical (unpaired) electrons. The van der Waals surface area contributed by atoms with Crippen molar-refractivity contribution < 1.29 is 23.0 Å². The van der Waals surface area contributed by atoms with Crippen molar-refractivity contribution in [1.82, 2.24) is 20.0 Å². The van der Waals surface area contributed by atoms with Crippen LogP contribution in [0.2, 0.25) is 0 Å². The van der Waals surface area contributed by atoms with E-state index in [2.05, 4.69) is 20.4 Å². The van der Waals surface area contributed by atoms with Crippen molar-refractivity contribution in [3.63, 3.8) is 0 Å². The molecule has 1 saturated heterocycles. The van der Waals surface area contributed by atoms with Crippen LogP contribution in [0, 0.1) is 0 Å². The molecule has 7 nitrogen and oxygen atoms in total. The van der Waals surface area contributed by atoms with E-state index in [1.165, 1.54) is 0 Å². The lowest BCUT2D eigenvalue weighted by atomic mass is 9.83. The van der Waals surface area contributed by atoms with Crippen LogP contribution in [0.25, 0.3) is 10.9 Å². The fourth-order valence-corrected chi connectivity index (χ4v) is 5.72. The molecule has 0 spiro atoms. The predicted octanol–water partition coefficient (Wildman–Crippen LogP) is 3.99. The number of aliphatic hydroxyl groups is 1. The van der Waals surface area contributed by atoms with Crippen LogP contribution in [-0.2, 0) is 6.42 Å². The summed E-state index contributed by atoms with van der Waals surface area (Å²) in [6.45, 7) is 2.32. The fourth-order valence-electron chi connectivity index (χ4n) is 5.72. The SMILES string of the molecule is COc1cc(NC2CN(CCCF)C2)ccc1C1c2ccc3[nH]ncc3c2C[C@@H](C)N1CC(F)(F)CO. The van der Waals surface area contributed by atoms with E-state index in [0.717, 1.165) is 52.9 Å². The van der Waals surface area contributed by atoms with Gasteiger partial charge in [-0.05, 0) is 43.0 Å². The number of aromatic amines is 1. The normalized spacial score (nSPS) is 21.1. The summed E-state index contributed by atoms with van der Waals surface area (Å²) in [5.41, 5.74) is 4.60. The number of nitrogens with zero attached hydrogens (tertiary/aromatic N) is 3. The van der Waals surface area contributed by atoms with Gasteiger partial charge in [-0.15, -0.1) is 0 Å². The lowest BCUT2D eigenvalue weighted by Crippen LogP contribution is -2.54. The maximum atomic E-state index is 14.6. The maximum absolute atomic E-state index is 14.6. The number of aromatic nitrogens is 2. The van der Waals surface area contributed by atoms with Crippen molar-refractivity contribution in [3.8, 4) is 5.75 Å². The molecule has 3 aromatic rings. The summed E-state index contributed by atoms with van der Waals surface area (Å²) in [5, 5.41) is 21.0. The van der Waals surface area contributed by atoms with Crippen LogP contribution in [0.15, 0.2) is 36.5 Å². The zero-order valence-electron chi connectivity index (χ0n) is 21.2. The molecule has 3 heterocycles. The van der Waals surface area contributed by atoms with Crippen LogP contribution in [0.5, 0.6) is 5.75 Å². The van der Waals surface area contributed by atoms with E-state index in [-0.39, 0.29) is 18.8 Å². The Kier molecular flexibility index (Phi) is 7.33. The highest BCUT2D eigenvalue weighted by Crippen LogP contribution is 2.44. The maximum Gasteiger partial charge on any atom is 0.283 e. The summed E-state index contributed by atoms with van der Waals surface area (Å²) in [6.07, 6.45) is 2.93. The number of methoxy groups -OCH3 is 1. The van der Waals surface area contributed by atoms with Crippen molar-refractivity contribution >= 4 is 16.6 Å². The first-order chi connectivity index (χ1) is 17.8. The monoisotopic (exact) mass is 517 g/mol. The highest BCUT2D eigenvalue weighted by Gasteiger charge is 2.41. The molecule has 2 atom stereocenters. The first-order valence-corrected chi connectivity index (χ1v) is 12.8. The lowest BCUT2D eigenvalue weighted by molar-refractivity contribution is -0.0863. The van der Waals surface area contributed by atoms with Crippen LogP contribution < -0.4 is 10.1 Å². The summed E-state index contributed by atoms with van der Waals surface area (Å²) in [7, 11) is 1.59. The minimum absolute atomic E-state index is 0.205. The van der Waals surface area contributed by atoms with Gasteiger partial charge in [0.05, 0.1) is 44.1 Å². The highest BCUT2D eigenvalue weighted by atomic mass is 19.3. The Morgan fingerprint density at radius 3 is 2.73 bits per heavy atom. The number of halogens is 3. The van der Waals surface area contributed by atoms with Gasteiger partial charge in [-0.3, -0.25) is 19.3 Å². The van der Waals surface area contributed by atoms with E-state index in [1.807, 2.05) is 37.3 Å². The third-order valence-corrected chi connectivity index (χ3v) is 7.57. The Balaban J connectivity index is 1.48. The Hall–Kier alpha value is -2.82. The number of aliphatic hydroxyl groups excluding tert-OH is 1. The average molecular weight is 518 g/mol. The topological polar surface area (TPSA) is 76.7 Å². The predicted molar refractivity (Wildman–Crippen MR) is 137 cm³/mol. The Morgan fingerprint density at radius 1 is 1.22 bits per heavy atom. The molecule has 1 aromatic heterocycles. The molecule has 5 rings (SSSR count). The van der Waals surface area contributed by atoms with Crippen LogP contribution >= 0.6 is 0 Å². The first kappa shape index (κ1) is 25.8. The molecule has 10 heteroatoms. The molecule has 0 aliphatic carbocycles. The molecule has 3 N–H and O–H groups in total. The number of hydrogen-bond acceptors (Lipinski definition) is 6. The molecule has 2 aromatic carbocycles. The molecule has 2 aliphatic heterocycles. The van der Waals surface area contributed by atoms with Gasteiger partial charge in [0.1, 0.15) is 12.4 Å². The number of anilines is 1. The summed E-state index contributed by atoms with van der Waals surface area (Å²) in [5.74, 6) is -2.63. The minimum atomic E-state index is -3.24. The van der Waals surface area contributed by atoms with Gasteiger partial charge in [0.25, 0.3) is 5.92 Å². The number of benzene rings is 2. The van der Waals surface area contributed by atoms with E-state index in [0.29, 0.717) is 18.6 Å². The second kappa shape index (κ2) is 10.5. The zero-order valence-corrected chi connectivity index (χ0v) is 21.2. The number of alkyl halides is 3. The number of nitrogens with one attached hydrogen (secondary N) is 2. The Morgan fingerprint density at radius 2 is 2.00 bits per heavy atom. The van der Waals surface area contributed by atoms with Gasteiger partial charge in [-0.2, -0.15) is 5.10 Å². The number of ether oxygens (including phenoxy) is 1. The van der Waals surface area contributed by atoms with Crippen molar-refractivity contribution in [1.29, 1.82) is 0 Å². The first-order valence-electron chi connectivity index (χ1n) is 12.8. The summed E-state index contributed by atoms with van der Waals surface area (Å²) in [4.78, 5) is 3.98. The molecular formula is C27H34F3N5O2. The van der Waals surface area contributed by atoms with Gasteiger partial charge in [0, 0.05) is 48.4 Å². The molecule has 1 fully saturated rings. The van der Waals surface area contributed by atoms with Gasteiger partial charge in [0.2, 0.25) is 0 Å². The van der Waals surface area contributed by atoms with Gasteiger partial charge in [-0.25, -0.2) is 8.78 Å². The van der Waals surface area contributed by atoms with Crippen LogP contribution in [-0.4, -0.2) is 89.7 Å². The van der Waals surface area contributed by atoms with E-state index < -0.39 is 25.1 Å². The lowest BCUT2D eigenvalue weighted by Gasteiger charge is -2.44. The molecule has 0 bridgehead atoms. The number of likely N-dealkylation sites (tertiary alicyclic amines) is 1. The fraction of sp³-hybridized carbons (Fsp3) is 0.519. The van der Waals surface area contributed by atoms with Gasteiger partial charge < -0.3 is 15.2 Å². The molecule has 1 unspecified atom stereocenters. The van der Waals surface area contributed by atoms with E-state index in [4.69, 9.17) is 4.74 Å². The smallest absolute Gasteiger partial charge is 0.283 e. The van der Waals surface area contributed by atoms with E-state index in [9.17, 15) is 18.3 Å². The van der Waals surface area contributed by atoms with Gasteiger partial charge >= 0.3 is 0 Å². The van der Waals surface area contributed by atoms with Gasteiger partial charge in [-0.1, -0.05) is 12.1 Å². The average Bonchev–Trinajstić information content (AvgIpc) is 3.35. The molecule has 0 amide bonds. The molecule has 0 saturated carbocycles. The summed E-state index contributed by atoms with van der Waals surface area (Å²) in [6, 6.07) is 9.29. The zero-order chi connectivity index (χ0) is 26.2. The van der Waals surface area contributed by atoms with E-state index in [1.54, 1.807) is 18.2 Å². The highest BCUT2D eigenvalue weighted by molar-refractivity contribution is 5.83. The Bertz CT molecular complexity index is 1230. The summed E-state index contributed by atoms with van der Waals surface area (Å²) >= 11 is 0. The molecule has 2 aliphatic rings. The van der Waals surface area contributed by atoms with E-state index >= 15 is 0 Å². The molecule has 200 valence electrons. The van der Waals surface area contributed by atoms with Crippen molar-refractivity contribution in [2.24, 2.45) is 0 Å².